The molecule has 0 aliphatic rings. The molecular formula is CHHgO3. The molecule has 5 heavy (non-hydrogen) atoms. The minimum absolute atomic E-state index is 0. The van der Waals surface area contributed by atoms with Gasteiger partial charge in [-0.3, -0.25) is 4.79 Å². The van der Waals surface area contributed by atoms with Gasteiger partial charge in [-0.2, -0.15) is 0 Å². The Morgan fingerprint density at radius 3 is 2.00 bits per heavy atom. The number of carbonyl (C=O) groups is 1. The molecule has 25 valence electrons. The van der Waals surface area contributed by atoms with Gasteiger partial charge < -0.3 is 10.1 Å². The maximum atomic E-state index is 8.64. The van der Waals surface area contributed by atoms with Crippen LogP contribution in [-0.4, -0.2) is 6.47 Å². The normalized spacial score (nSPS) is 4.20. The number of rotatable bonds is 1. The van der Waals surface area contributed by atoms with Crippen LogP contribution < -0.4 is 5.26 Å². The smallest absolute Gasteiger partial charge is 0.662 e. The summed E-state index contributed by atoms with van der Waals surface area (Å²) in [5, 5.41) is 8.43. The fourth-order valence-electron chi connectivity index (χ4n) is 0. The van der Waals surface area contributed by atoms with E-state index in [4.69, 9.17) is 10.1 Å². The molecule has 0 aliphatic carbocycles. The van der Waals surface area contributed by atoms with Gasteiger partial charge in [0.2, 0.25) is 0 Å². The molecule has 0 unspecified atom stereocenters. The summed E-state index contributed by atoms with van der Waals surface area (Å²) in [7, 11) is 0. The van der Waals surface area contributed by atoms with Gasteiger partial charge >= 0.3 is 27.7 Å². The molecule has 0 atom stereocenters. The fourth-order valence-corrected chi connectivity index (χ4v) is 0. The molecule has 0 aliphatic heterocycles. The molecule has 3 nitrogen and oxygen atoms in total. The van der Waals surface area contributed by atoms with E-state index in [-0.39, 0.29) is 34.1 Å². The quantitative estimate of drug-likeness (QED) is 0.248. The predicted molar refractivity (Wildman–Crippen MR) is 7.15 cm³/mol. The SMILES string of the molecule is O=CO[O-].[Hg+]. The van der Waals surface area contributed by atoms with Crippen molar-refractivity contribution in [2.24, 2.45) is 0 Å². The van der Waals surface area contributed by atoms with E-state index >= 15 is 0 Å². The Hall–Kier alpha value is 0.365. The van der Waals surface area contributed by atoms with Crippen LogP contribution in [0, 0.1) is 0 Å². The summed E-state index contributed by atoms with van der Waals surface area (Å²) >= 11 is 0. The van der Waals surface area contributed by atoms with Crippen LogP contribution in [0.3, 0.4) is 0 Å². The third-order valence-corrected chi connectivity index (χ3v) is 0.0393. The zero-order chi connectivity index (χ0) is 3.41. The molecule has 0 aromatic heterocycles. The Morgan fingerprint density at radius 1 is 1.80 bits per heavy atom. The zero-order valence-electron chi connectivity index (χ0n) is 2.51. The van der Waals surface area contributed by atoms with Gasteiger partial charge in [0, 0.05) is 0 Å². The van der Waals surface area contributed by atoms with Crippen molar-refractivity contribution in [1.29, 1.82) is 0 Å². The summed E-state index contributed by atoms with van der Waals surface area (Å²) in [4.78, 5) is 11.2. The van der Waals surface area contributed by atoms with E-state index in [1.165, 1.54) is 0 Å². The second-order valence-corrected chi connectivity index (χ2v) is 0.192. The van der Waals surface area contributed by atoms with Gasteiger partial charge in [-0.1, -0.05) is 0 Å². The van der Waals surface area contributed by atoms with Crippen molar-refractivity contribution < 1.29 is 42.6 Å². The molecule has 0 spiro atoms. The number of hydrogen-bond donors (Lipinski definition) is 0. The Bertz CT molecular complexity index is 20.9. The maximum Gasteiger partial charge on any atom is 1.00 e. The molecule has 0 fully saturated rings. The Kier molecular flexibility index (Phi) is 16.0. The molecule has 0 aromatic rings. The van der Waals surface area contributed by atoms with Crippen LogP contribution in [0.5, 0.6) is 0 Å². The van der Waals surface area contributed by atoms with Gasteiger partial charge in [0.05, 0.1) is 0 Å². The van der Waals surface area contributed by atoms with E-state index in [2.05, 4.69) is 4.89 Å². The van der Waals surface area contributed by atoms with Crippen LogP contribution in [0.15, 0.2) is 0 Å². The molecule has 4 heteroatoms. The largest absolute Gasteiger partial charge is 1.00 e. The topological polar surface area (TPSA) is 49.4 Å². The van der Waals surface area contributed by atoms with E-state index in [1.54, 1.807) is 0 Å². The molecule has 0 heterocycles. The Balaban J connectivity index is 0. The van der Waals surface area contributed by atoms with Crippen molar-refractivity contribution in [3.05, 3.63) is 0 Å². The van der Waals surface area contributed by atoms with Crippen LogP contribution >= 0.6 is 0 Å². The van der Waals surface area contributed by atoms with Crippen molar-refractivity contribution in [2.45, 2.75) is 0 Å². The Morgan fingerprint density at radius 2 is 2.00 bits per heavy atom. The van der Waals surface area contributed by atoms with Crippen molar-refractivity contribution in [3.63, 3.8) is 0 Å². The van der Waals surface area contributed by atoms with Gasteiger partial charge in [0.15, 0.2) is 0 Å². The summed E-state index contributed by atoms with van der Waals surface area (Å²) in [5.41, 5.74) is 0. The molecule has 0 aromatic carbocycles. The third-order valence-electron chi connectivity index (χ3n) is 0.0393. The van der Waals surface area contributed by atoms with Crippen molar-refractivity contribution in [2.75, 3.05) is 0 Å². The number of carbonyl (C=O) groups excluding carboxylic acids is 1. The minimum atomic E-state index is -0.181. The first kappa shape index (κ1) is 9.03. The Labute approximate surface area is 49.4 Å². The summed E-state index contributed by atoms with van der Waals surface area (Å²) in [6.07, 6.45) is 0. The van der Waals surface area contributed by atoms with E-state index in [0.29, 0.717) is 0 Å². The van der Waals surface area contributed by atoms with Crippen molar-refractivity contribution in [1.82, 2.24) is 0 Å². The second kappa shape index (κ2) is 8.84. The van der Waals surface area contributed by atoms with Gasteiger partial charge in [-0.15, -0.1) is 0 Å². The first-order valence-corrected chi connectivity index (χ1v) is 0.638. The molecule has 0 bridgehead atoms. The molecule has 0 amide bonds. The van der Waals surface area contributed by atoms with Gasteiger partial charge in [0.25, 0.3) is 6.47 Å². The first-order valence-electron chi connectivity index (χ1n) is 0.638. The van der Waals surface area contributed by atoms with Crippen LogP contribution in [0.2, 0.25) is 0 Å². The first-order chi connectivity index (χ1) is 1.91. The van der Waals surface area contributed by atoms with Crippen LogP contribution in [-0.2, 0) is 37.4 Å². The minimum Gasteiger partial charge on any atom is -0.662 e. The third kappa shape index (κ3) is 13.1. The number of hydrogen-bond acceptors (Lipinski definition) is 3. The summed E-state index contributed by atoms with van der Waals surface area (Å²) < 4.78 is 0. The van der Waals surface area contributed by atoms with E-state index < -0.39 is 0 Å². The fraction of sp³-hybridized carbons (Fsp3) is 0. The van der Waals surface area contributed by atoms with Gasteiger partial charge in [-0.25, -0.2) is 0 Å². The van der Waals surface area contributed by atoms with Crippen molar-refractivity contribution >= 4 is 6.47 Å². The molecule has 0 rings (SSSR count). The van der Waals surface area contributed by atoms with E-state index in [0.717, 1.165) is 0 Å². The predicted octanol–water partition coefficient (Wildman–Crippen LogP) is -1.57. The van der Waals surface area contributed by atoms with Crippen LogP contribution in [0.25, 0.3) is 0 Å². The molecule has 0 N–H and O–H groups in total. The monoisotopic (exact) mass is 263 g/mol. The van der Waals surface area contributed by atoms with Gasteiger partial charge in [-0.05, 0) is 0 Å². The van der Waals surface area contributed by atoms with Gasteiger partial charge in [0.1, 0.15) is 0 Å². The molecule has 1 radical (unpaired) electrons. The average molecular weight is 262 g/mol. The standard InChI is InChI=1S/CH2O3.Hg/c2-1-4-3;/h1,3H;/q;+1/p-1. The molecule has 0 saturated carbocycles. The zero-order valence-corrected chi connectivity index (χ0v) is 8.01. The average Bonchev–Trinajstić information content (AvgIpc) is 1.37. The molecule has 0 saturated heterocycles. The summed E-state index contributed by atoms with van der Waals surface area (Å²) in [6, 6.07) is 0. The second-order valence-electron chi connectivity index (χ2n) is 0.192. The van der Waals surface area contributed by atoms with Crippen LogP contribution in [0.4, 0.5) is 0 Å². The van der Waals surface area contributed by atoms with E-state index in [1.807, 2.05) is 0 Å². The molecular weight excluding hydrogens is 261 g/mol. The summed E-state index contributed by atoms with van der Waals surface area (Å²) in [5.74, 6) is 0. The van der Waals surface area contributed by atoms with Crippen molar-refractivity contribution in [3.8, 4) is 0 Å². The maximum absolute atomic E-state index is 8.64. The van der Waals surface area contributed by atoms with Crippen LogP contribution in [0.1, 0.15) is 0 Å². The van der Waals surface area contributed by atoms with E-state index in [9.17, 15) is 0 Å². The summed E-state index contributed by atoms with van der Waals surface area (Å²) in [6.45, 7) is -0.181.